The summed E-state index contributed by atoms with van der Waals surface area (Å²) in [5.41, 5.74) is 1.41. The van der Waals surface area contributed by atoms with Gasteiger partial charge in [-0.15, -0.1) is 0 Å². The van der Waals surface area contributed by atoms with Gasteiger partial charge in [0.2, 0.25) is 0 Å². The topological polar surface area (TPSA) is 15.3 Å². The molecule has 138 valence electrons. The number of benzene rings is 1. The molecule has 0 aliphatic carbocycles. The predicted molar refractivity (Wildman–Crippen MR) is 108 cm³/mol. The minimum absolute atomic E-state index is 0.588. The van der Waals surface area contributed by atoms with Crippen molar-refractivity contribution in [2.75, 3.05) is 26.7 Å². The summed E-state index contributed by atoms with van der Waals surface area (Å²) in [4.78, 5) is 2.64. The number of rotatable bonds is 7. The van der Waals surface area contributed by atoms with Gasteiger partial charge in [0.1, 0.15) is 0 Å². The molecule has 0 amide bonds. The molecule has 0 spiro atoms. The number of nitrogens with zero attached hydrogens (tertiary/aromatic N) is 1. The molecular formula is C21H37ClN2. The quantitative estimate of drug-likeness (QED) is 0.690. The Hall–Kier alpha value is -0.570. The summed E-state index contributed by atoms with van der Waals surface area (Å²) < 4.78 is 0. The van der Waals surface area contributed by atoms with E-state index in [0.717, 1.165) is 11.6 Å². The monoisotopic (exact) mass is 352 g/mol. The minimum Gasteiger partial charge on any atom is -0.317 e. The maximum atomic E-state index is 6.23. The van der Waals surface area contributed by atoms with Crippen LogP contribution in [0.5, 0.6) is 0 Å². The molecule has 0 saturated carbocycles. The fraction of sp³-hybridized carbons (Fsp3) is 0.714. The Bertz CT molecular complexity index is 441. The maximum Gasteiger partial charge on any atom is 0.0408 e. The molecule has 0 radical (unpaired) electrons. The minimum atomic E-state index is 0.588. The molecule has 1 aromatic carbocycles. The third kappa shape index (κ3) is 6.74. The van der Waals surface area contributed by atoms with Gasteiger partial charge in [0.05, 0.1) is 0 Å². The normalized spacial score (nSPS) is 18.6. The molecular weight excluding hydrogens is 316 g/mol. The SMILES string of the molecule is CC.CCCC(C)C(CN1CCC(NC)CC1)c1cccc(Cl)c1. The zero-order chi connectivity index (χ0) is 17.9. The third-order valence-electron chi connectivity index (χ3n) is 5.16. The Balaban J connectivity index is 0.00000139. The number of hydrogen-bond acceptors (Lipinski definition) is 2. The molecule has 1 fully saturated rings. The van der Waals surface area contributed by atoms with Gasteiger partial charge in [-0.25, -0.2) is 0 Å². The molecule has 0 aromatic heterocycles. The molecule has 1 N–H and O–H groups in total. The highest BCUT2D eigenvalue weighted by Gasteiger charge is 2.25. The van der Waals surface area contributed by atoms with Crippen molar-refractivity contribution in [2.45, 2.75) is 65.3 Å². The lowest BCUT2D eigenvalue weighted by Crippen LogP contribution is -2.43. The molecule has 3 heteroatoms. The van der Waals surface area contributed by atoms with Crippen molar-refractivity contribution in [3.63, 3.8) is 0 Å². The van der Waals surface area contributed by atoms with Crippen molar-refractivity contribution < 1.29 is 0 Å². The van der Waals surface area contributed by atoms with E-state index in [0.29, 0.717) is 17.9 Å². The van der Waals surface area contributed by atoms with Crippen molar-refractivity contribution in [1.29, 1.82) is 0 Å². The first kappa shape index (κ1) is 21.5. The van der Waals surface area contributed by atoms with Gasteiger partial charge in [0, 0.05) is 17.6 Å². The second-order valence-corrected chi connectivity index (χ2v) is 7.23. The van der Waals surface area contributed by atoms with E-state index in [1.807, 2.05) is 19.9 Å². The number of halogens is 1. The molecule has 2 rings (SSSR count). The first-order valence-corrected chi connectivity index (χ1v) is 10.2. The van der Waals surface area contributed by atoms with Crippen LogP contribution in [0, 0.1) is 5.92 Å². The highest BCUT2D eigenvalue weighted by atomic mass is 35.5. The largest absolute Gasteiger partial charge is 0.317 e. The van der Waals surface area contributed by atoms with Crippen molar-refractivity contribution in [3.05, 3.63) is 34.9 Å². The zero-order valence-electron chi connectivity index (χ0n) is 16.3. The van der Waals surface area contributed by atoms with Crippen LogP contribution in [0.2, 0.25) is 5.02 Å². The van der Waals surface area contributed by atoms with Crippen molar-refractivity contribution in [1.82, 2.24) is 10.2 Å². The van der Waals surface area contributed by atoms with E-state index in [1.54, 1.807) is 0 Å². The van der Waals surface area contributed by atoms with Gasteiger partial charge >= 0.3 is 0 Å². The van der Waals surface area contributed by atoms with E-state index in [-0.39, 0.29) is 0 Å². The van der Waals surface area contributed by atoms with Crippen LogP contribution in [0.15, 0.2) is 24.3 Å². The van der Waals surface area contributed by atoms with Gasteiger partial charge in [0.25, 0.3) is 0 Å². The fourth-order valence-corrected chi connectivity index (χ4v) is 3.89. The summed E-state index contributed by atoms with van der Waals surface area (Å²) in [5, 5.41) is 4.28. The highest BCUT2D eigenvalue weighted by Crippen LogP contribution is 2.31. The van der Waals surface area contributed by atoms with Crippen molar-refractivity contribution in [3.8, 4) is 0 Å². The Morgan fingerprint density at radius 3 is 2.46 bits per heavy atom. The van der Waals surface area contributed by atoms with Crippen LogP contribution < -0.4 is 5.32 Å². The molecule has 1 aliphatic heterocycles. The number of piperidine rings is 1. The Labute approximate surface area is 155 Å². The van der Waals surface area contributed by atoms with Gasteiger partial charge in [-0.3, -0.25) is 0 Å². The Kier molecular flexibility index (Phi) is 10.6. The lowest BCUT2D eigenvalue weighted by Gasteiger charge is -2.36. The molecule has 1 aromatic rings. The Morgan fingerprint density at radius 1 is 1.25 bits per heavy atom. The molecule has 2 unspecified atom stereocenters. The summed E-state index contributed by atoms with van der Waals surface area (Å²) in [5.74, 6) is 1.29. The molecule has 0 bridgehead atoms. The van der Waals surface area contributed by atoms with Crippen molar-refractivity contribution in [2.24, 2.45) is 5.92 Å². The van der Waals surface area contributed by atoms with Crippen LogP contribution in [0.1, 0.15) is 64.9 Å². The van der Waals surface area contributed by atoms with E-state index < -0.39 is 0 Å². The highest BCUT2D eigenvalue weighted by molar-refractivity contribution is 6.30. The standard InChI is InChI=1S/C19H31ClN2.C2H6/c1-4-6-15(2)19(16-7-5-8-17(20)13-16)14-22-11-9-18(21-3)10-12-22;1-2/h5,7-8,13,15,18-19,21H,4,6,9-12,14H2,1-3H3;1-2H3. The van der Waals surface area contributed by atoms with E-state index in [9.17, 15) is 0 Å². The van der Waals surface area contributed by atoms with E-state index in [2.05, 4.69) is 49.3 Å². The molecule has 24 heavy (non-hydrogen) atoms. The van der Waals surface area contributed by atoms with Gasteiger partial charge in [0.15, 0.2) is 0 Å². The average Bonchev–Trinajstić information content (AvgIpc) is 2.62. The number of hydrogen-bond donors (Lipinski definition) is 1. The summed E-state index contributed by atoms with van der Waals surface area (Å²) in [6, 6.07) is 9.19. The van der Waals surface area contributed by atoms with Crippen LogP contribution in [-0.4, -0.2) is 37.6 Å². The summed E-state index contributed by atoms with van der Waals surface area (Å²) in [7, 11) is 2.08. The molecule has 2 atom stereocenters. The van der Waals surface area contributed by atoms with Crippen LogP contribution >= 0.6 is 11.6 Å². The molecule has 1 saturated heterocycles. The molecule has 2 nitrogen and oxygen atoms in total. The zero-order valence-corrected chi connectivity index (χ0v) is 17.1. The van der Waals surface area contributed by atoms with Crippen LogP contribution in [0.25, 0.3) is 0 Å². The lowest BCUT2D eigenvalue weighted by molar-refractivity contribution is 0.176. The third-order valence-corrected chi connectivity index (χ3v) is 5.39. The van der Waals surface area contributed by atoms with Gasteiger partial charge < -0.3 is 10.2 Å². The molecule has 1 heterocycles. The summed E-state index contributed by atoms with van der Waals surface area (Å²) in [6.07, 6.45) is 5.06. The lowest BCUT2D eigenvalue weighted by atomic mass is 9.83. The van der Waals surface area contributed by atoms with Gasteiger partial charge in [-0.2, -0.15) is 0 Å². The fourth-order valence-electron chi connectivity index (χ4n) is 3.69. The smallest absolute Gasteiger partial charge is 0.0408 e. The first-order chi connectivity index (χ1) is 11.6. The average molecular weight is 353 g/mol. The summed E-state index contributed by atoms with van der Waals surface area (Å²) >= 11 is 6.23. The predicted octanol–water partition coefficient (Wildman–Crippen LogP) is 5.57. The number of likely N-dealkylation sites (tertiary alicyclic amines) is 1. The first-order valence-electron chi connectivity index (χ1n) is 9.79. The van der Waals surface area contributed by atoms with Crippen molar-refractivity contribution >= 4 is 11.6 Å². The van der Waals surface area contributed by atoms with Crippen LogP contribution in [0.4, 0.5) is 0 Å². The Morgan fingerprint density at radius 2 is 1.92 bits per heavy atom. The number of nitrogens with one attached hydrogen (secondary N) is 1. The van der Waals surface area contributed by atoms with Gasteiger partial charge in [-0.1, -0.05) is 64.3 Å². The van der Waals surface area contributed by atoms with Crippen LogP contribution in [-0.2, 0) is 0 Å². The van der Waals surface area contributed by atoms with Crippen LogP contribution in [0.3, 0.4) is 0 Å². The second kappa shape index (κ2) is 11.9. The van der Waals surface area contributed by atoms with E-state index in [1.165, 1.54) is 44.3 Å². The summed E-state index contributed by atoms with van der Waals surface area (Å²) in [6.45, 7) is 12.3. The van der Waals surface area contributed by atoms with E-state index in [4.69, 9.17) is 11.6 Å². The maximum absolute atomic E-state index is 6.23. The molecule has 1 aliphatic rings. The van der Waals surface area contributed by atoms with Gasteiger partial charge in [-0.05, 0) is 62.5 Å². The second-order valence-electron chi connectivity index (χ2n) is 6.79. The van der Waals surface area contributed by atoms with E-state index >= 15 is 0 Å².